The Labute approximate surface area is 125 Å². The van der Waals surface area contributed by atoms with Crippen LogP contribution in [0, 0.1) is 5.92 Å². The van der Waals surface area contributed by atoms with Gasteiger partial charge in [0.05, 0.1) is 7.11 Å². The van der Waals surface area contributed by atoms with Crippen molar-refractivity contribution in [3.63, 3.8) is 0 Å². The molecule has 1 rings (SSSR count). The van der Waals surface area contributed by atoms with Crippen LogP contribution in [0.25, 0.3) is 0 Å². The molecule has 0 saturated carbocycles. The van der Waals surface area contributed by atoms with Gasteiger partial charge in [0.25, 0.3) is 5.91 Å². The van der Waals surface area contributed by atoms with Crippen LogP contribution in [0.1, 0.15) is 24.2 Å². The second-order valence-corrected chi connectivity index (χ2v) is 4.96. The molecule has 2 N–H and O–H groups in total. The lowest BCUT2D eigenvalue weighted by Gasteiger charge is -2.21. The predicted molar refractivity (Wildman–Crippen MR) is 82.3 cm³/mol. The minimum Gasteiger partial charge on any atom is -0.497 e. The van der Waals surface area contributed by atoms with Crippen LogP contribution in [0.15, 0.2) is 36.9 Å². The normalized spacial score (nSPS) is 11.6. The number of rotatable bonds is 7. The van der Waals surface area contributed by atoms with Gasteiger partial charge in [0.2, 0.25) is 5.91 Å². The lowest BCUT2D eigenvalue weighted by atomic mass is 10.0. The second-order valence-electron chi connectivity index (χ2n) is 4.96. The number of carbonyl (C=O) groups excluding carboxylic acids is 2. The first-order chi connectivity index (χ1) is 9.99. The zero-order chi connectivity index (χ0) is 15.8. The van der Waals surface area contributed by atoms with E-state index in [9.17, 15) is 9.59 Å². The van der Waals surface area contributed by atoms with E-state index in [2.05, 4.69) is 17.2 Å². The van der Waals surface area contributed by atoms with E-state index in [0.717, 1.165) is 0 Å². The third kappa shape index (κ3) is 4.95. The average molecular weight is 290 g/mol. The summed E-state index contributed by atoms with van der Waals surface area (Å²) in [7, 11) is 1.56. The average Bonchev–Trinajstić information content (AvgIpc) is 2.49. The number of hydrogen-bond donors (Lipinski definition) is 2. The topological polar surface area (TPSA) is 67.4 Å². The molecular formula is C16H22N2O3. The van der Waals surface area contributed by atoms with Gasteiger partial charge in [0.15, 0.2) is 0 Å². The Morgan fingerprint density at radius 2 is 1.90 bits per heavy atom. The Morgan fingerprint density at radius 3 is 2.38 bits per heavy atom. The summed E-state index contributed by atoms with van der Waals surface area (Å²) in [5.41, 5.74) is 0.484. The Morgan fingerprint density at radius 1 is 1.29 bits per heavy atom. The van der Waals surface area contributed by atoms with E-state index in [1.807, 2.05) is 13.8 Å². The highest BCUT2D eigenvalue weighted by Crippen LogP contribution is 2.12. The van der Waals surface area contributed by atoms with Gasteiger partial charge in [-0.25, -0.2) is 0 Å². The molecule has 21 heavy (non-hydrogen) atoms. The standard InChI is InChI=1S/C16H22N2O3/c1-5-10-17-16(20)14(11(2)3)18-15(19)12-6-8-13(21-4)9-7-12/h5-9,11,14H,1,10H2,2-4H3,(H,17,20)(H,18,19). The van der Waals surface area contributed by atoms with Gasteiger partial charge in [-0.2, -0.15) is 0 Å². The van der Waals surface area contributed by atoms with Crippen molar-refractivity contribution in [2.24, 2.45) is 5.92 Å². The maximum Gasteiger partial charge on any atom is 0.251 e. The zero-order valence-electron chi connectivity index (χ0n) is 12.7. The van der Waals surface area contributed by atoms with Crippen molar-refractivity contribution >= 4 is 11.8 Å². The molecule has 114 valence electrons. The van der Waals surface area contributed by atoms with E-state index in [0.29, 0.717) is 17.9 Å². The Kier molecular flexibility index (Phi) is 6.46. The first-order valence-electron chi connectivity index (χ1n) is 6.83. The fourth-order valence-electron chi connectivity index (χ4n) is 1.78. The van der Waals surface area contributed by atoms with Gasteiger partial charge in [0, 0.05) is 12.1 Å². The Hall–Kier alpha value is -2.30. The molecule has 0 saturated heterocycles. The molecule has 5 nitrogen and oxygen atoms in total. The molecule has 1 aromatic carbocycles. The van der Waals surface area contributed by atoms with E-state index in [1.54, 1.807) is 37.5 Å². The van der Waals surface area contributed by atoms with Gasteiger partial charge >= 0.3 is 0 Å². The van der Waals surface area contributed by atoms with Gasteiger partial charge in [-0.1, -0.05) is 19.9 Å². The van der Waals surface area contributed by atoms with Gasteiger partial charge in [-0.15, -0.1) is 6.58 Å². The molecule has 5 heteroatoms. The summed E-state index contributed by atoms with van der Waals surface area (Å²) in [5.74, 6) is 0.157. The number of carbonyl (C=O) groups is 2. The number of benzene rings is 1. The lowest BCUT2D eigenvalue weighted by molar-refractivity contribution is -0.123. The molecule has 0 fully saturated rings. The molecule has 0 aliphatic rings. The van der Waals surface area contributed by atoms with Crippen molar-refractivity contribution in [2.75, 3.05) is 13.7 Å². The maximum absolute atomic E-state index is 12.2. The molecule has 0 bridgehead atoms. The summed E-state index contributed by atoms with van der Waals surface area (Å²) in [4.78, 5) is 24.2. The van der Waals surface area contributed by atoms with Crippen LogP contribution >= 0.6 is 0 Å². The first kappa shape index (κ1) is 16.8. The van der Waals surface area contributed by atoms with Gasteiger partial charge in [0.1, 0.15) is 11.8 Å². The highest BCUT2D eigenvalue weighted by Gasteiger charge is 2.24. The van der Waals surface area contributed by atoms with Crippen LogP contribution in [-0.2, 0) is 4.79 Å². The molecule has 1 atom stereocenters. The molecule has 0 heterocycles. The third-order valence-electron chi connectivity index (χ3n) is 3.01. The van der Waals surface area contributed by atoms with Crippen LogP contribution in [0.2, 0.25) is 0 Å². The van der Waals surface area contributed by atoms with Gasteiger partial charge in [-0.3, -0.25) is 9.59 Å². The minimum atomic E-state index is -0.584. The summed E-state index contributed by atoms with van der Waals surface area (Å²) in [6, 6.07) is 6.15. The molecule has 0 aliphatic carbocycles. The second kappa shape index (κ2) is 8.09. The molecule has 0 aromatic heterocycles. The summed E-state index contributed by atoms with van der Waals surface area (Å²) in [6.45, 7) is 7.69. The highest BCUT2D eigenvalue weighted by atomic mass is 16.5. The van der Waals surface area contributed by atoms with Gasteiger partial charge in [-0.05, 0) is 30.2 Å². The number of hydrogen-bond acceptors (Lipinski definition) is 3. The van der Waals surface area contributed by atoms with E-state index in [1.165, 1.54) is 0 Å². The van der Waals surface area contributed by atoms with E-state index < -0.39 is 6.04 Å². The lowest BCUT2D eigenvalue weighted by Crippen LogP contribution is -2.49. The largest absolute Gasteiger partial charge is 0.497 e. The molecule has 1 aromatic rings. The monoisotopic (exact) mass is 290 g/mol. The zero-order valence-corrected chi connectivity index (χ0v) is 12.7. The van der Waals surface area contributed by atoms with Crippen LogP contribution < -0.4 is 15.4 Å². The third-order valence-corrected chi connectivity index (χ3v) is 3.01. The van der Waals surface area contributed by atoms with E-state index in [-0.39, 0.29) is 17.7 Å². The van der Waals surface area contributed by atoms with E-state index in [4.69, 9.17) is 4.74 Å². The molecule has 0 aliphatic heterocycles. The molecule has 2 amide bonds. The molecule has 0 spiro atoms. The summed E-state index contributed by atoms with van der Waals surface area (Å²) in [5, 5.41) is 5.45. The quantitative estimate of drug-likeness (QED) is 0.752. The first-order valence-corrected chi connectivity index (χ1v) is 6.83. The molecule has 1 unspecified atom stereocenters. The van der Waals surface area contributed by atoms with E-state index >= 15 is 0 Å². The Balaban J connectivity index is 2.75. The fraction of sp³-hybridized carbons (Fsp3) is 0.375. The maximum atomic E-state index is 12.2. The predicted octanol–water partition coefficient (Wildman–Crippen LogP) is 1.75. The van der Waals surface area contributed by atoms with Crippen molar-refractivity contribution in [2.45, 2.75) is 19.9 Å². The fourth-order valence-corrected chi connectivity index (χ4v) is 1.78. The van der Waals surface area contributed by atoms with Crippen LogP contribution in [0.3, 0.4) is 0 Å². The van der Waals surface area contributed by atoms with Crippen molar-refractivity contribution in [3.8, 4) is 5.75 Å². The molecule has 0 radical (unpaired) electrons. The Bertz CT molecular complexity index is 495. The minimum absolute atomic E-state index is 0.0167. The number of nitrogens with one attached hydrogen (secondary N) is 2. The number of ether oxygens (including phenoxy) is 1. The van der Waals surface area contributed by atoms with Crippen LogP contribution in [-0.4, -0.2) is 31.5 Å². The van der Waals surface area contributed by atoms with Crippen molar-refractivity contribution in [1.82, 2.24) is 10.6 Å². The van der Waals surface area contributed by atoms with Gasteiger partial charge < -0.3 is 15.4 Å². The van der Waals surface area contributed by atoms with Crippen molar-refractivity contribution < 1.29 is 14.3 Å². The van der Waals surface area contributed by atoms with Crippen molar-refractivity contribution in [1.29, 1.82) is 0 Å². The summed E-state index contributed by atoms with van der Waals surface area (Å²) >= 11 is 0. The van der Waals surface area contributed by atoms with Crippen LogP contribution in [0.4, 0.5) is 0 Å². The van der Waals surface area contributed by atoms with Crippen LogP contribution in [0.5, 0.6) is 5.75 Å². The van der Waals surface area contributed by atoms with Crippen molar-refractivity contribution in [3.05, 3.63) is 42.5 Å². The number of methoxy groups -OCH3 is 1. The smallest absolute Gasteiger partial charge is 0.251 e. The summed E-state index contributed by atoms with van der Waals surface area (Å²) < 4.78 is 5.05. The SMILES string of the molecule is C=CCNC(=O)C(NC(=O)c1ccc(OC)cc1)C(C)C. The number of amides is 2. The highest BCUT2D eigenvalue weighted by molar-refractivity contribution is 5.97. The summed E-state index contributed by atoms with van der Waals surface area (Å²) in [6.07, 6.45) is 1.60. The molecular weight excluding hydrogens is 268 g/mol.